The van der Waals surface area contributed by atoms with Crippen LogP contribution in [-0.4, -0.2) is 28.2 Å². The van der Waals surface area contributed by atoms with Gasteiger partial charge in [0.25, 0.3) is 0 Å². The van der Waals surface area contributed by atoms with Gasteiger partial charge in [-0.15, -0.1) is 0 Å². The number of hydrogen-bond donors (Lipinski definition) is 1. The van der Waals surface area contributed by atoms with Gasteiger partial charge >= 0.3 is 0 Å². The van der Waals surface area contributed by atoms with Crippen molar-refractivity contribution in [1.29, 1.82) is 0 Å². The minimum atomic E-state index is 0.287. The Hall–Kier alpha value is -1.75. The van der Waals surface area contributed by atoms with Crippen LogP contribution in [0.4, 0.5) is 0 Å². The number of hydrogen-bond acceptors (Lipinski definition) is 5. The highest BCUT2D eigenvalue weighted by molar-refractivity contribution is 5.23. The predicted octanol–water partition coefficient (Wildman–Crippen LogP) is 1.24. The molecule has 3 rings (SSSR count). The van der Waals surface area contributed by atoms with Gasteiger partial charge in [-0.05, 0) is 17.7 Å². The molecule has 1 aliphatic heterocycles. The lowest BCUT2D eigenvalue weighted by Crippen LogP contribution is -2.10. The average Bonchev–Trinajstić information content (AvgIpc) is 2.98. The first-order valence-corrected chi connectivity index (χ1v) is 5.75. The van der Waals surface area contributed by atoms with Crippen molar-refractivity contribution in [3.05, 3.63) is 41.8 Å². The summed E-state index contributed by atoms with van der Waals surface area (Å²) in [5.41, 5.74) is 1.28. The van der Waals surface area contributed by atoms with Crippen LogP contribution < -0.4 is 5.32 Å². The zero-order valence-electron chi connectivity index (χ0n) is 9.63. The maximum atomic E-state index is 5.06. The van der Waals surface area contributed by atoms with Crippen LogP contribution in [-0.2, 0) is 0 Å². The Labute approximate surface area is 99.3 Å². The minimum absolute atomic E-state index is 0.287. The van der Waals surface area contributed by atoms with E-state index in [0.717, 1.165) is 18.9 Å². The van der Waals surface area contributed by atoms with Crippen molar-refractivity contribution in [2.75, 3.05) is 13.1 Å². The summed E-state index contributed by atoms with van der Waals surface area (Å²) >= 11 is 0. The lowest BCUT2D eigenvalue weighted by Gasteiger charge is -2.15. The molecule has 0 aliphatic carbocycles. The van der Waals surface area contributed by atoms with Crippen LogP contribution >= 0.6 is 0 Å². The first-order valence-electron chi connectivity index (χ1n) is 5.75. The third kappa shape index (κ3) is 1.93. The van der Waals surface area contributed by atoms with Gasteiger partial charge in [0.2, 0.25) is 5.89 Å². The van der Waals surface area contributed by atoms with Crippen molar-refractivity contribution in [2.24, 2.45) is 0 Å². The largest absolute Gasteiger partial charge is 0.340 e. The van der Waals surface area contributed by atoms with E-state index < -0.39 is 0 Å². The standard InChI is InChI=1S/C12H14N4O/c1-8-15-12(16-17-8)11-7-14-6-10(11)9-2-4-13-5-3-9/h2-5,10-11,14H,6-7H2,1H3/t10-,11+/m1/s1. The van der Waals surface area contributed by atoms with Gasteiger partial charge in [0.1, 0.15) is 0 Å². The second kappa shape index (κ2) is 4.25. The van der Waals surface area contributed by atoms with Crippen molar-refractivity contribution < 1.29 is 4.52 Å². The molecule has 0 unspecified atom stereocenters. The van der Waals surface area contributed by atoms with Gasteiger partial charge in [-0.1, -0.05) is 5.16 Å². The van der Waals surface area contributed by atoms with Crippen molar-refractivity contribution >= 4 is 0 Å². The van der Waals surface area contributed by atoms with Gasteiger partial charge in [-0.2, -0.15) is 4.98 Å². The maximum Gasteiger partial charge on any atom is 0.223 e. The Morgan fingerprint density at radius 1 is 1.24 bits per heavy atom. The molecule has 0 bridgehead atoms. The summed E-state index contributed by atoms with van der Waals surface area (Å²) in [5, 5.41) is 7.42. The van der Waals surface area contributed by atoms with Gasteiger partial charge in [0.05, 0.1) is 0 Å². The van der Waals surface area contributed by atoms with Gasteiger partial charge in [0.15, 0.2) is 5.82 Å². The molecule has 0 radical (unpaired) electrons. The number of nitrogens with zero attached hydrogens (tertiary/aromatic N) is 3. The topological polar surface area (TPSA) is 63.8 Å². The third-order valence-electron chi connectivity index (χ3n) is 3.22. The fourth-order valence-electron chi connectivity index (χ4n) is 2.38. The fourth-order valence-corrected chi connectivity index (χ4v) is 2.38. The predicted molar refractivity (Wildman–Crippen MR) is 61.6 cm³/mol. The molecule has 1 N–H and O–H groups in total. The highest BCUT2D eigenvalue weighted by Gasteiger charge is 2.32. The van der Waals surface area contributed by atoms with Crippen molar-refractivity contribution in [1.82, 2.24) is 20.4 Å². The zero-order valence-corrected chi connectivity index (χ0v) is 9.63. The van der Waals surface area contributed by atoms with Crippen molar-refractivity contribution in [3.63, 3.8) is 0 Å². The lowest BCUT2D eigenvalue weighted by atomic mass is 9.89. The molecule has 3 heterocycles. The van der Waals surface area contributed by atoms with Crippen LogP contribution in [0.5, 0.6) is 0 Å². The number of rotatable bonds is 2. The molecule has 0 saturated carbocycles. The van der Waals surface area contributed by atoms with E-state index in [1.54, 1.807) is 0 Å². The van der Waals surface area contributed by atoms with E-state index in [4.69, 9.17) is 4.52 Å². The molecule has 1 fully saturated rings. The number of pyridine rings is 1. The molecule has 0 spiro atoms. The Balaban J connectivity index is 1.90. The van der Waals surface area contributed by atoms with Crippen LogP contribution in [0.2, 0.25) is 0 Å². The maximum absolute atomic E-state index is 5.06. The summed E-state index contributed by atoms with van der Waals surface area (Å²) in [7, 11) is 0. The number of aryl methyl sites for hydroxylation is 1. The molecule has 2 atom stereocenters. The van der Waals surface area contributed by atoms with E-state index in [0.29, 0.717) is 11.8 Å². The molecular formula is C12H14N4O. The van der Waals surface area contributed by atoms with Gasteiger partial charge in [-0.3, -0.25) is 4.98 Å². The number of nitrogens with one attached hydrogen (secondary N) is 1. The molecule has 5 heteroatoms. The SMILES string of the molecule is Cc1nc([C@H]2CNC[C@@H]2c2ccncc2)no1. The first kappa shape index (κ1) is 10.4. The Kier molecular flexibility index (Phi) is 2.60. The molecule has 17 heavy (non-hydrogen) atoms. The molecule has 0 aromatic carbocycles. The third-order valence-corrected chi connectivity index (χ3v) is 3.22. The van der Waals surface area contributed by atoms with E-state index in [2.05, 4.69) is 32.6 Å². The van der Waals surface area contributed by atoms with Crippen LogP contribution in [0.25, 0.3) is 0 Å². The zero-order chi connectivity index (χ0) is 11.7. The van der Waals surface area contributed by atoms with Gasteiger partial charge in [-0.25, -0.2) is 0 Å². The molecule has 2 aromatic rings. The summed E-state index contributed by atoms with van der Waals surface area (Å²) in [6.07, 6.45) is 3.65. The van der Waals surface area contributed by atoms with Crippen LogP contribution in [0.3, 0.4) is 0 Å². The van der Waals surface area contributed by atoms with Crippen LogP contribution in [0.1, 0.15) is 29.1 Å². The smallest absolute Gasteiger partial charge is 0.223 e. The fraction of sp³-hybridized carbons (Fsp3) is 0.417. The molecule has 88 valence electrons. The van der Waals surface area contributed by atoms with E-state index in [1.165, 1.54) is 5.56 Å². The van der Waals surface area contributed by atoms with Gasteiger partial charge in [0, 0.05) is 44.2 Å². The Bertz CT molecular complexity index is 496. The van der Waals surface area contributed by atoms with Crippen molar-refractivity contribution in [3.8, 4) is 0 Å². The van der Waals surface area contributed by atoms with Crippen LogP contribution in [0.15, 0.2) is 29.0 Å². The summed E-state index contributed by atoms with van der Waals surface area (Å²) in [5.74, 6) is 2.11. The highest BCUT2D eigenvalue weighted by Crippen LogP contribution is 2.33. The summed E-state index contributed by atoms with van der Waals surface area (Å²) < 4.78 is 5.06. The molecule has 1 aliphatic rings. The Morgan fingerprint density at radius 3 is 2.71 bits per heavy atom. The second-order valence-corrected chi connectivity index (χ2v) is 4.32. The minimum Gasteiger partial charge on any atom is -0.340 e. The van der Waals surface area contributed by atoms with Crippen molar-refractivity contribution in [2.45, 2.75) is 18.8 Å². The molecular weight excluding hydrogens is 216 g/mol. The Morgan fingerprint density at radius 2 is 2.00 bits per heavy atom. The van der Waals surface area contributed by atoms with E-state index >= 15 is 0 Å². The van der Waals surface area contributed by atoms with E-state index in [1.807, 2.05) is 19.3 Å². The summed E-state index contributed by atoms with van der Waals surface area (Å²) in [6.45, 7) is 3.66. The molecule has 0 amide bonds. The van der Waals surface area contributed by atoms with Gasteiger partial charge < -0.3 is 9.84 Å². The first-order chi connectivity index (χ1) is 8.34. The quantitative estimate of drug-likeness (QED) is 0.841. The highest BCUT2D eigenvalue weighted by atomic mass is 16.5. The number of aromatic nitrogens is 3. The summed E-state index contributed by atoms with van der Waals surface area (Å²) in [4.78, 5) is 8.38. The average molecular weight is 230 g/mol. The molecule has 1 saturated heterocycles. The summed E-state index contributed by atoms with van der Waals surface area (Å²) in [6, 6.07) is 4.11. The lowest BCUT2D eigenvalue weighted by molar-refractivity contribution is 0.382. The normalized spacial score (nSPS) is 24.1. The molecule has 5 nitrogen and oxygen atoms in total. The van der Waals surface area contributed by atoms with Crippen LogP contribution in [0, 0.1) is 6.92 Å². The van der Waals surface area contributed by atoms with E-state index in [9.17, 15) is 0 Å². The molecule has 2 aromatic heterocycles. The van der Waals surface area contributed by atoms with E-state index in [-0.39, 0.29) is 5.92 Å². The monoisotopic (exact) mass is 230 g/mol. The second-order valence-electron chi connectivity index (χ2n) is 4.32.